The Kier molecular flexibility index (Phi) is 3.12. The van der Waals surface area contributed by atoms with Crippen molar-refractivity contribution in [3.63, 3.8) is 0 Å². The summed E-state index contributed by atoms with van der Waals surface area (Å²) in [4.78, 5) is 11.3. The zero-order chi connectivity index (χ0) is 9.84. The average Bonchev–Trinajstić information content (AvgIpc) is 2.42. The first-order valence-electron chi connectivity index (χ1n) is 4.36. The molecule has 0 heterocycles. The lowest BCUT2D eigenvalue weighted by molar-refractivity contribution is -0.138. The normalized spacial score (nSPS) is 21.8. The molecule has 72 valence electrons. The first kappa shape index (κ1) is 9.84. The van der Waals surface area contributed by atoms with E-state index in [1.165, 1.54) is 6.08 Å². The van der Waals surface area contributed by atoms with E-state index in [9.17, 15) is 9.90 Å². The molecule has 0 aromatic rings. The maximum atomic E-state index is 11.3. The Morgan fingerprint density at radius 1 is 1.85 bits per heavy atom. The third-order valence-corrected chi connectivity index (χ3v) is 2.17. The standard InChI is InChI=1S/C10H14O3/c1-3-6-13-10(12)9-7(2)4-5-8(9)11/h3,7,11H,1,4-6H2,2H3/t7-/m1/s1. The summed E-state index contributed by atoms with van der Waals surface area (Å²) in [6.07, 6.45) is 2.92. The lowest BCUT2D eigenvalue weighted by atomic mass is 10.0. The van der Waals surface area contributed by atoms with Gasteiger partial charge in [0.15, 0.2) is 0 Å². The van der Waals surface area contributed by atoms with Crippen LogP contribution in [0.3, 0.4) is 0 Å². The van der Waals surface area contributed by atoms with Crippen LogP contribution in [0.15, 0.2) is 24.0 Å². The molecule has 1 aliphatic rings. The van der Waals surface area contributed by atoms with Crippen LogP contribution in [0.2, 0.25) is 0 Å². The number of aliphatic hydroxyl groups excluding tert-OH is 1. The lowest BCUT2D eigenvalue weighted by Gasteiger charge is -2.07. The van der Waals surface area contributed by atoms with Gasteiger partial charge in [-0.1, -0.05) is 19.6 Å². The van der Waals surface area contributed by atoms with Crippen LogP contribution in [-0.4, -0.2) is 17.7 Å². The Morgan fingerprint density at radius 2 is 2.54 bits per heavy atom. The number of carbonyl (C=O) groups excluding carboxylic acids is 1. The van der Waals surface area contributed by atoms with E-state index >= 15 is 0 Å². The molecule has 0 saturated heterocycles. The second kappa shape index (κ2) is 4.12. The van der Waals surface area contributed by atoms with E-state index in [1.54, 1.807) is 0 Å². The number of hydrogen-bond donors (Lipinski definition) is 1. The van der Waals surface area contributed by atoms with Gasteiger partial charge in [0.1, 0.15) is 12.4 Å². The van der Waals surface area contributed by atoms with Crippen molar-refractivity contribution in [3.8, 4) is 0 Å². The minimum Gasteiger partial charge on any atom is -0.512 e. The molecule has 0 aromatic heterocycles. The number of ether oxygens (including phenoxy) is 1. The molecule has 0 aliphatic heterocycles. The summed E-state index contributed by atoms with van der Waals surface area (Å²) < 4.78 is 4.84. The van der Waals surface area contributed by atoms with Crippen molar-refractivity contribution in [1.82, 2.24) is 0 Å². The van der Waals surface area contributed by atoms with Crippen LogP contribution in [0.25, 0.3) is 0 Å². The highest BCUT2D eigenvalue weighted by Gasteiger charge is 2.28. The lowest BCUT2D eigenvalue weighted by Crippen LogP contribution is -2.12. The molecule has 0 spiro atoms. The van der Waals surface area contributed by atoms with E-state index in [4.69, 9.17) is 4.74 Å². The summed E-state index contributed by atoms with van der Waals surface area (Å²) in [5.41, 5.74) is 0.432. The van der Waals surface area contributed by atoms with Gasteiger partial charge in [0.05, 0.1) is 5.57 Å². The average molecular weight is 182 g/mol. The summed E-state index contributed by atoms with van der Waals surface area (Å²) in [6, 6.07) is 0. The van der Waals surface area contributed by atoms with Crippen LogP contribution in [0, 0.1) is 5.92 Å². The molecule has 0 bridgehead atoms. The van der Waals surface area contributed by atoms with Crippen molar-refractivity contribution in [2.24, 2.45) is 5.92 Å². The number of allylic oxidation sites excluding steroid dienone is 1. The highest BCUT2D eigenvalue weighted by molar-refractivity contribution is 5.90. The molecular weight excluding hydrogens is 168 g/mol. The van der Waals surface area contributed by atoms with Crippen LogP contribution < -0.4 is 0 Å². The summed E-state index contributed by atoms with van der Waals surface area (Å²) >= 11 is 0. The quantitative estimate of drug-likeness (QED) is 0.536. The molecule has 1 atom stereocenters. The van der Waals surface area contributed by atoms with Crippen molar-refractivity contribution >= 4 is 5.97 Å². The second-order valence-corrected chi connectivity index (χ2v) is 3.19. The first-order valence-corrected chi connectivity index (χ1v) is 4.36. The summed E-state index contributed by atoms with van der Waals surface area (Å²) in [5, 5.41) is 9.38. The molecule has 3 nitrogen and oxygen atoms in total. The van der Waals surface area contributed by atoms with E-state index in [2.05, 4.69) is 6.58 Å². The molecule has 3 heteroatoms. The molecule has 1 N–H and O–H groups in total. The molecule has 0 amide bonds. The van der Waals surface area contributed by atoms with Crippen LogP contribution >= 0.6 is 0 Å². The van der Waals surface area contributed by atoms with Crippen LogP contribution in [0.5, 0.6) is 0 Å². The van der Waals surface area contributed by atoms with Gasteiger partial charge in [-0.05, 0) is 12.3 Å². The maximum absolute atomic E-state index is 11.3. The minimum absolute atomic E-state index is 0.109. The number of esters is 1. The zero-order valence-electron chi connectivity index (χ0n) is 7.75. The number of hydrogen-bond acceptors (Lipinski definition) is 3. The number of carbonyl (C=O) groups is 1. The van der Waals surface area contributed by atoms with Gasteiger partial charge in [0, 0.05) is 6.42 Å². The number of rotatable bonds is 3. The minimum atomic E-state index is -0.414. The van der Waals surface area contributed by atoms with Gasteiger partial charge in [-0.2, -0.15) is 0 Å². The Bertz CT molecular complexity index is 253. The largest absolute Gasteiger partial charge is 0.512 e. The smallest absolute Gasteiger partial charge is 0.337 e. The SMILES string of the molecule is C=CCOC(=O)C1=C(O)CC[C@H]1C. The van der Waals surface area contributed by atoms with Crippen molar-refractivity contribution < 1.29 is 14.6 Å². The third kappa shape index (κ3) is 2.11. The maximum Gasteiger partial charge on any atom is 0.337 e. The van der Waals surface area contributed by atoms with Gasteiger partial charge in [0.2, 0.25) is 0 Å². The second-order valence-electron chi connectivity index (χ2n) is 3.19. The third-order valence-electron chi connectivity index (χ3n) is 2.17. The predicted octanol–water partition coefficient (Wildman–Crippen LogP) is 1.96. The molecule has 0 radical (unpaired) electrons. The van der Waals surface area contributed by atoms with Crippen LogP contribution in [0.4, 0.5) is 0 Å². The Hall–Kier alpha value is -1.25. The van der Waals surface area contributed by atoms with Crippen LogP contribution in [0.1, 0.15) is 19.8 Å². The first-order chi connectivity index (χ1) is 6.16. The van der Waals surface area contributed by atoms with E-state index < -0.39 is 5.97 Å². The fraction of sp³-hybridized carbons (Fsp3) is 0.500. The van der Waals surface area contributed by atoms with Gasteiger partial charge in [-0.3, -0.25) is 0 Å². The van der Waals surface area contributed by atoms with Gasteiger partial charge in [0.25, 0.3) is 0 Å². The van der Waals surface area contributed by atoms with E-state index in [0.717, 1.165) is 6.42 Å². The molecule has 0 fully saturated rings. The molecule has 0 saturated carbocycles. The molecular formula is C10H14O3. The summed E-state index contributed by atoms with van der Waals surface area (Å²) in [6.45, 7) is 5.55. The Labute approximate surface area is 77.7 Å². The molecule has 13 heavy (non-hydrogen) atoms. The molecule has 1 rings (SSSR count). The zero-order valence-corrected chi connectivity index (χ0v) is 7.75. The van der Waals surface area contributed by atoms with Gasteiger partial charge in [-0.15, -0.1) is 0 Å². The van der Waals surface area contributed by atoms with Crippen molar-refractivity contribution in [3.05, 3.63) is 24.0 Å². The summed E-state index contributed by atoms with van der Waals surface area (Å²) in [7, 11) is 0. The highest BCUT2D eigenvalue weighted by Crippen LogP contribution is 2.30. The van der Waals surface area contributed by atoms with Crippen molar-refractivity contribution in [2.75, 3.05) is 6.61 Å². The predicted molar refractivity (Wildman–Crippen MR) is 49.2 cm³/mol. The fourth-order valence-corrected chi connectivity index (χ4v) is 1.45. The fourth-order valence-electron chi connectivity index (χ4n) is 1.45. The van der Waals surface area contributed by atoms with E-state index in [-0.39, 0.29) is 18.3 Å². The van der Waals surface area contributed by atoms with E-state index in [0.29, 0.717) is 12.0 Å². The van der Waals surface area contributed by atoms with E-state index in [1.807, 2.05) is 6.92 Å². The van der Waals surface area contributed by atoms with Gasteiger partial charge >= 0.3 is 5.97 Å². The van der Waals surface area contributed by atoms with Crippen LogP contribution in [-0.2, 0) is 9.53 Å². The van der Waals surface area contributed by atoms with Crippen molar-refractivity contribution in [2.45, 2.75) is 19.8 Å². The topological polar surface area (TPSA) is 46.5 Å². The highest BCUT2D eigenvalue weighted by atomic mass is 16.5. The van der Waals surface area contributed by atoms with Gasteiger partial charge in [-0.25, -0.2) is 4.79 Å². The Balaban J connectivity index is 2.64. The molecule has 0 unspecified atom stereocenters. The molecule has 0 aromatic carbocycles. The monoisotopic (exact) mass is 182 g/mol. The molecule has 1 aliphatic carbocycles. The van der Waals surface area contributed by atoms with Crippen molar-refractivity contribution in [1.29, 1.82) is 0 Å². The Morgan fingerprint density at radius 3 is 3.00 bits per heavy atom. The summed E-state index contributed by atoms with van der Waals surface area (Å²) in [5.74, 6) is -0.124. The van der Waals surface area contributed by atoms with Gasteiger partial charge < -0.3 is 9.84 Å². The number of aliphatic hydroxyl groups is 1.